The molecule has 2 fully saturated rings. The van der Waals surface area contributed by atoms with Crippen molar-refractivity contribution in [1.29, 1.82) is 0 Å². The van der Waals surface area contributed by atoms with E-state index in [1.165, 1.54) is 12.8 Å². The van der Waals surface area contributed by atoms with Gasteiger partial charge in [-0.25, -0.2) is 0 Å². The summed E-state index contributed by atoms with van der Waals surface area (Å²) in [6.45, 7) is 9.15. The highest BCUT2D eigenvalue weighted by molar-refractivity contribution is 5.76. The smallest absolute Gasteiger partial charge is 0.223 e. The summed E-state index contributed by atoms with van der Waals surface area (Å²) in [5, 5.41) is 3.40. The predicted octanol–water partition coefficient (Wildman–Crippen LogP) is 0.681. The number of rotatable bonds is 5. The van der Waals surface area contributed by atoms with Crippen LogP contribution in [-0.4, -0.2) is 60.5 Å². The molecule has 98 valence electrons. The number of amides is 1. The lowest BCUT2D eigenvalue weighted by Crippen LogP contribution is -2.51. The van der Waals surface area contributed by atoms with Crippen molar-refractivity contribution < 1.29 is 4.79 Å². The Kier molecular flexibility index (Phi) is 4.40. The van der Waals surface area contributed by atoms with E-state index in [2.05, 4.69) is 24.1 Å². The van der Waals surface area contributed by atoms with Crippen LogP contribution in [0.3, 0.4) is 0 Å². The van der Waals surface area contributed by atoms with Gasteiger partial charge in [0.2, 0.25) is 5.91 Å². The molecule has 0 spiro atoms. The van der Waals surface area contributed by atoms with Gasteiger partial charge in [0.1, 0.15) is 0 Å². The van der Waals surface area contributed by atoms with Gasteiger partial charge in [-0.15, -0.1) is 0 Å². The van der Waals surface area contributed by atoms with Gasteiger partial charge in [0.15, 0.2) is 0 Å². The molecule has 1 amide bonds. The Balaban J connectivity index is 1.62. The molecule has 1 saturated heterocycles. The second kappa shape index (κ2) is 5.83. The maximum absolute atomic E-state index is 11.9. The van der Waals surface area contributed by atoms with Crippen molar-refractivity contribution in [3.8, 4) is 0 Å². The molecule has 0 radical (unpaired) electrons. The molecule has 1 N–H and O–H groups in total. The van der Waals surface area contributed by atoms with Crippen LogP contribution in [0.2, 0.25) is 0 Å². The number of hydrogen-bond acceptors (Lipinski definition) is 3. The van der Waals surface area contributed by atoms with E-state index in [1.54, 1.807) is 0 Å². The molecule has 0 unspecified atom stereocenters. The highest BCUT2D eigenvalue weighted by atomic mass is 16.2. The molecular formula is C13H25N3O. The van der Waals surface area contributed by atoms with Crippen LogP contribution in [0.5, 0.6) is 0 Å². The molecule has 0 aromatic heterocycles. The molecule has 2 aliphatic rings. The van der Waals surface area contributed by atoms with Gasteiger partial charge in [-0.2, -0.15) is 0 Å². The summed E-state index contributed by atoms with van der Waals surface area (Å²) in [4.78, 5) is 16.4. The van der Waals surface area contributed by atoms with Crippen LogP contribution >= 0.6 is 0 Å². The van der Waals surface area contributed by atoms with E-state index in [0.29, 0.717) is 24.4 Å². The maximum Gasteiger partial charge on any atom is 0.223 e. The third kappa shape index (κ3) is 3.96. The summed E-state index contributed by atoms with van der Waals surface area (Å²) in [6.07, 6.45) is 3.25. The number of nitrogens with zero attached hydrogens (tertiary/aromatic N) is 2. The van der Waals surface area contributed by atoms with E-state index >= 15 is 0 Å². The lowest BCUT2D eigenvalue weighted by molar-refractivity contribution is -0.133. The van der Waals surface area contributed by atoms with Crippen molar-refractivity contribution in [2.75, 3.05) is 32.7 Å². The van der Waals surface area contributed by atoms with Crippen molar-refractivity contribution in [3.05, 3.63) is 0 Å². The first-order chi connectivity index (χ1) is 8.16. The quantitative estimate of drug-likeness (QED) is 0.766. The molecule has 0 atom stereocenters. The van der Waals surface area contributed by atoms with Crippen molar-refractivity contribution in [2.45, 2.75) is 45.2 Å². The Bertz CT molecular complexity index is 255. The zero-order valence-electron chi connectivity index (χ0n) is 11.1. The van der Waals surface area contributed by atoms with Crippen molar-refractivity contribution in [1.82, 2.24) is 15.1 Å². The van der Waals surface area contributed by atoms with Crippen LogP contribution in [-0.2, 0) is 4.79 Å². The first-order valence-electron chi connectivity index (χ1n) is 6.92. The summed E-state index contributed by atoms with van der Waals surface area (Å²) in [5.74, 6) is 0.321. The van der Waals surface area contributed by atoms with Crippen LogP contribution in [0, 0.1) is 0 Å². The molecular weight excluding hydrogens is 214 g/mol. The fourth-order valence-electron chi connectivity index (χ4n) is 2.32. The summed E-state index contributed by atoms with van der Waals surface area (Å²) in [5.41, 5.74) is 0. The topological polar surface area (TPSA) is 35.6 Å². The third-order valence-corrected chi connectivity index (χ3v) is 3.75. The molecule has 4 heteroatoms. The second-order valence-corrected chi connectivity index (χ2v) is 5.49. The highest BCUT2D eigenvalue weighted by Crippen LogP contribution is 2.18. The SMILES string of the molecule is CC(C)N1CCN(C(=O)CCNC2CC2)CC1. The number of carbonyl (C=O) groups is 1. The Morgan fingerprint density at radius 2 is 1.88 bits per heavy atom. The third-order valence-electron chi connectivity index (χ3n) is 3.75. The number of carbonyl (C=O) groups excluding carboxylic acids is 1. The van der Waals surface area contributed by atoms with Gasteiger partial charge in [0.05, 0.1) is 0 Å². The molecule has 0 aromatic rings. The largest absolute Gasteiger partial charge is 0.340 e. The van der Waals surface area contributed by atoms with Crippen LogP contribution in [0.4, 0.5) is 0 Å². The van der Waals surface area contributed by atoms with E-state index in [9.17, 15) is 4.79 Å². The summed E-state index contributed by atoms with van der Waals surface area (Å²) in [6, 6.07) is 1.31. The lowest BCUT2D eigenvalue weighted by atomic mass is 10.2. The summed E-state index contributed by atoms with van der Waals surface area (Å²) >= 11 is 0. The van der Waals surface area contributed by atoms with Crippen molar-refractivity contribution >= 4 is 5.91 Å². The van der Waals surface area contributed by atoms with Gasteiger partial charge in [-0.1, -0.05) is 0 Å². The monoisotopic (exact) mass is 239 g/mol. The Morgan fingerprint density at radius 1 is 1.24 bits per heavy atom. The van der Waals surface area contributed by atoms with Crippen LogP contribution < -0.4 is 5.32 Å². The average molecular weight is 239 g/mol. The van der Waals surface area contributed by atoms with Crippen LogP contribution in [0.15, 0.2) is 0 Å². The van der Waals surface area contributed by atoms with E-state index in [4.69, 9.17) is 0 Å². The van der Waals surface area contributed by atoms with Crippen molar-refractivity contribution in [2.24, 2.45) is 0 Å². The second-order valence-electron chi connectivity index (χ2n) is 5.49. The van der Waals surface area contributed by atoms with Gasteiger partial charge in [-0.3, -0.25) is 9.69 Å². The predicted molar refractivity (Wildman–Crippen MR) is 68.9 cm³/mol. The molecule has 17 heavy (non-hydrogen) atoms. The van der Waals surface area contributed by atoms with E-state index in [-0.39, 0.29) is 0 Å². The van der Waals surface area contributed by atoms with Crippen molar-refractivity contribution in [3.63, 3.8) is 0 Å². The van der Waals surface area contributed by atoms with E-state index < -0.39 is 0 Å². The van der Waals surface area contributed by atoms with Crippen LogP contribution in [0.25, 0.3) is 0 Å². The molecule has 1 aliphatic heterocycles. The number of nitrogens with one attached hydrogen (secondary N) is 1. The molecule has 1 heterocycles. The molecule has 2 rings (SSSR count). The normalized spacial score (nSPS) is 22.2. The molecule has 1 saturated carbocycles. The fraction of sp³-hybridized carbons (Fsp3) is 0.923. The lowest BCUT2D eigenvalue weighted by Gasteiger charge is -2.37. The summed E-state index contributed by atoms with van der Waals surface area (Å²) in [7, 11) is 0. The standard InChI is InChI=1S/C13H25N3O/c1-11(2)15-7-9-16(10-8-15)13(17)5-6-14-12-3-4-12/h11-12,14H,3-10H2,1-2H3. The fourth-order valence-corrected chi connectivity index (χ4v) is 2.32. The zero-order chi connectivity index (χ0) is 12.3. The maximum atomic E-state index is 11.9. The Morgan fingerprint density at radius 3 is 2.41 bits per heavy atom. The highest BCUT2D eigenvalue weighted by Gasteiger charge is 2.23. The zero-order valence-corrected chi connectivity index (χ0v) is 11.1. The van der Waals surface area contributed by atoms with E-state index in [0.717, 1.165) is 32.7 Å². The minimum atomic E-state index is 0.321. The molecule has 0 bridgehead atoms. The van der Waals surface area contributed by atoms with Gasteiger partial charge in [0.25, 0.3) is 0 Å². The molecule has 1 aliphatic carbocycles. The number of piperazine rings is 1. The Labute approximate surface area is 104 Å². The van der Waals surface area contributed by atoms with Gasteiger partial charge in [-0.05, 0) is 26.7 Å². The minimum absolute atomic E-state index is 0.321. The first kappa shape index (κ1) is 12.8. The van der Waals surface area contributed by atoms with Gasteiger partial charge >= 0.3 is 0 Å². The summed E-state index contributed by atoms with van der Waals surface area (Å²) < 4.78 is 0. The van der Waals surface area contributed by atoms with Crippen LogP contribution in [0.1, 0.15) is 33.1 Å². The molecule has 0 aromatic carbocycles. The average Bonchev–Trinajstić information content (AvgIpc) is 3.13. The molecule has 4 nitrogen and oxygen atoms in total. The Hall–Kier alpha value is -0.610. The van der Waals surface area contributed by atoms with Gasteiger partial charge in [0, 0.05) is 51.2 Å². The first-order valence-corrected chi connectivity index (χ1v) is 6.92. The van der Waals surface area contributed by atoms with Gasteiger partial charge < -0.3 is 10.2 Å². The van der Waals surface area contributed by atoms with E-state index in [1.807, 2.05) is 4.90 Å². The number of hydrogen-bond donors (Lipinski definition) is 1. The minimum Gasteiger partial charge on any atom is -0.340 e.